The normalized spacial score (nSPS) is 34.3. The summed E-state index contributed by atoms with van der Waals surface area (Å²) in [6.07, 6.45) is -5.58. The molecular formula is C34H46O12. The highest BCUT2D eigenvalue weighted by Crippen LogP contribution is 2.69. The van der Waals surface area contributed by atoms with Gasteiger partial charge < -0.3 is 33.5 Å². The molecule has 2 saturated carbocycles. The van der Waals surface area contributed by atoms with Gasteiger partial charge in [0.15, 0.2) is 11.7 Å². The number of carbonyl (C=O) groups is 5. The smallest absolute Gasteiger partial charge is 0.338 e. The molecule has 12 nitrogen and oxygen atoms in total. The Hall–Kier alpha value is -3.51. The van der Waals surface area contributed by atoms with Crippen LogP contribution in [0.4, 0.5) is 0 Å². The van der Waals surface area contributed by atoms with E-state index in [2.05, 4.69) is 0 Å². The largest absolute Gasteiger partial charge is 0.465 e. The molecule has 46 heavy (non-hydrogen) atoms. The predicted molar refractivity (Wildman–Crippen MR) is 161 cm³/mol. The van der Waals surface area contributed by atoms with E-state index >= 15 is 0 Å². The standard InChI is InChI=1S/C34H46O12/c1-18(2)28(37)43-24-16-32(9,40)34-26(42-21(6)36)23(31(7,8)46-34)15-25(44-30(39)22-13-11-10-12-14-22)33(34,17-41-20(5)35)27(24)45-29(38)19(3)4/h10-14,18-19,23-27,40H,15-17H2,1-9H3/t23-,24?,25?,26?,27?,32-,33-,34+/m1/s1. The molecule has 4 rings (SSSR count). The summed E-state index contributed by atoms with van der Waals surface area (Å²) in [6, 6.07) is 8.20. The third-order valence-corrected chi connectivity index (χ3v) is 9.58. The van der Waals surface area contributed by atoms with E-state index in [4.69, 9.17) is 28.4 Å². The van der Waals surface area contributed by atoms with Gasteiger partial charge in [-0.1, -0.05) is 45.9 Å². The molecule has 0 aromatic heterocycles. The maximum Gasteiger partial charge on any atom is 0.338 e. The SMILES string of the molecule is CC(=O)OC[C@]12C(OC(=O)c3ccccc3)C[C@@H]3C(OC(C)=O)[C@]1(OC3(C)C)[C@](C)(O)CC(OC(=O)C(C)C)C2OC(=O)C(C)C. The molecule has 2 bridgehead atoms. The van der Waals surface area contributed by atoms with Crippen molar-refractivity contribution in [2.75, 3.05) is 6.61 Å². The number of rotatable bonds is 9. The van der Waals surface area contributed by atoms with Crippen molar-refractivity contribution in [3.63, 3.8) is 0 Å². The third kappa shape index (κ3) is 5.90. The van der Waals surface area contributed by atoms with Crippen molar-refractivity contribution in [1.29, 1.82) is 0 Å². The van der Waals surface area contributed by atoms with Gasteiger partial charge in [0.25, 0.3) is 0 Å². The Balaban J connectivity index is 2.08. The van der Waals surface area contributed by atoms with Crippen LogP contribution in [0.1, 0.15) is 85.5 Å². The first-order valence-corrected chi connectivity index (χ1v) is 15.7. The van der Waals surface area contributed by atoms with Gasteiger partial charge in [0, 0.05) is 26.2 Å². The number of hydrogen-bond donors (Lipinski definition) is 1. The number of aliphatic hydroxyl groups is 1. The quantitative estimate of drug-likeness (QED) is 0.307. The lowest BCUT2D eigenvalue weighted by Crippen LogP contribution is -2.83. The molecule has 254 valence electrons. The monoisotopic (exact) mass is 646 g/mol. The van der Waals surface area contributed by atoms with Crippen LogP contribution in [0.2, 0.25) is 0 Å². The summed E-state index contributed by atoms with van der Waals surface area (Å²) in [5, 5.41) is 12.6. The Morgan fingerprint density at radius 1 is 0.848 bits per heavy atom. The van der Waals surface area contributed by atoms with Crippen molar-refractivity contribution in [3.05, 3.63) is 35.9 Å². The van der Waals surface area contributed by atoms with Gasteiger partial charge in [0.1, 0.15) is 30.3 Å². The minimum Gasteiger partial charge on any atom is -0.465 e. The zero-order valence-corrected chi connectivity index (χ0v) is 28.0. The molecule has 3 aliphatic rings. The molecule has 4 unspecified atom stereocenters. The molecule has 3 fully saturated rings. The zero-order chi connectivity index (χ0) is 34.4. The van der Waals surface area contributed by atoms with Crippen molar-refractivity contribution < 1.29 is 57.5 Å². The van der Waals surface area contributed by atoms with E-state index in [1.807, 2.05) is 0 Å². The molecule has 1 N–H and O–H groups in total. The molecule has 1 aromatic rings. The van der Waals surface area contributed by atoms with Gasteiger partial charge >= 0.3 is 29.8 Å². The van der Waals surface area contributed by atoms with Gasteiger partial charge in [-0.15, -0.1) is 0 Å². The van der Waals surface area contributed by atoms with E-state index in [1.165, 1.54) is 20.8 Å². The second-order valence-electron chi connectivity index (χ2n) is 14.0. The average Bonchev–Trinajstić information content (AvgIpc) is 3.12. The van der Waals surface area contributed by atoms with Crippen LogP contribution in [-0.4, -0.2) is 82.8 Å². The Kier molecular flexibility index (Phi) is 9.68. The molecule has 12 heteroatoms. The molecule has 8 atom stereocenters. The Morgan fingerprint density at radius 2 is 1.43 bits per heavy atom. The first-order valence-electron chi connectivity index (χ1n) is 15.7. The second-order valence-corrected chi connectivity index (χ2v) is 14.0. The fraction of sp³-hybridized carbons (Fsp3) is 0.676. The number of esters is 5. The summed E-state index contributed by atoms with van der Waals surface area (Å²) in [5.41, 5.74) is -6.85. The van der Waals surface area contributed by atoms with Crippen LogP contribution in [0.15, 0.2) is 30.3 Å². The lowest BCUT2D eigenvalue weighted by molar-refractivity contribution is -0.356. The van der Waals surface area contributed by atoms with Crippen LogP contribution in [0.5, 0.6) is 0 Å². The number of hydrogen-bond acceptors (Lipinski definition) is 12. The Morgan fingerprint density at radius 3 is 1.98 bits per heavy atom. The molecule has 1 heterocycles. The van der Waals surface area contributed by atoms with Crippen molar-refractivity contribution in [1.82, 2.24) is 0 Å². The van der Waals surface area contributed by atoms with Gasteiger partial charge in [-0.2, -0.15) is 0 Å². The first kappa shape index (κ1) is 35.3. The molecule has 2 aliphatic carbocycles. The van der Waals surface area contributed by atoms with E-state index in [0.717, 1.165) is 0 Å². The van der Waals surface area contributed by atoms with Crippen LogP contribution in [0.25, 0.3) is 0 Å². The molecular weight excluding hydrogens is 600 g/mol. The van der Waals surface area contributed by atoms with E-state index < -0.39 is 101 Å². The molecule has 1 saturated heterocycles. The van der Waals surface area contributed by atoms with Crippen LogP contribution >= 0.6 is 0 Å². The van der Waals surface area contributed by atoms with Crippen molar-refractivity contribution in [2.24, 2.45) is 23.2 Å². The van der Waals surface area contributed by atoms with Crippen LogP contribution in [0, 0.1) is 23.2 Å². The molecule has 1 spiro atoms. The number of benzene rings is 1. The van der Waals surface area contributed by atoms with Gasteiger partial charge in [0.05, 0.1) is 28.6 Å². The third-order valence-electron chi connectivity index (χ3n) is 9.58. The molecule has 1 aliphatic heterocycles. The summed E-state index contributed by atoms with van der Waals surface area (Å²) < 4.78 is 37.0. The van der Waals surface area contributed by atoms with Crippen molar-refractivity contribution in [2.45, 2.75) is 116 Å². The lowest BCUT2D eigenvalue weighted by atomic mass is 9.46. The van der Waals surface area contributed by atoms with E-state index in [1.54, 1.807) is 71.9 Å². The summed E-state index contributed by atoms with van der Waals surface area (Å²) >= 11 is 0. The minimum absolute atomic E-state index is 0.0107. The molecule has 0 radical (unpaired) electrons. The summed E-state index contributed by atoms with van der Waals surface area (Å²) in [5.74, 6) is -5.35. The average molecular weight is 647 g/mol. The van der Waals surface area contributed by atoms with Gasteiger partial charge in [-0.3, -0.25) is 19.2 Å². The molecule has 0 amide bonds. The van der Waals surface area contributed by atoms with Gasteiger partial charge in [0.2, 0.25) is 0 Å². The Labute approximate surface area is 269 Å². The highest BCUT2D eigenvalue weighted by molar-refractivity contribution is 5.89. The topological polar surface area (TPSA) is 161 Å². The van der Waals surface area contributed by atoms with Gasteiger partial charge in [-0.25, -0.2) is 4.79 Å². The predicted octanol–water partition coefficient (Wildman–Crippen LogP) is 3.55. The van der Waals surface area contributed by atoms with Gasteiger partial charge in [-0.05, 0) is 39.3 Å². The molecule has 1 aromatic carbocycles. The fourth-order valence-electron chi connectivity index (χ4n) is 7.54. The minimum atomic E-state index is -2.00. The fourth-order valence-corrected chi connectivity index (χ4v) is 7.54. The summed E-state index contributed by atoms with van der Waals surface area (Å²) in [6.45, 7) is 13.2. The number of carbonyl (C=O) groups excluding carboxylic acids is 5. The first-order chi connectivity index (χ1) is 21.3. The maximum atomic E-state index is 13.8. The van der Waals surface area contributed by atoms with E-state index in [9.17, 15) is 29.1 Å². The van der Waals surface area contributed by atoms with Crippen LogP contribution in [-0.2, 0) is 47.6 Å². The summed E-state index contributed by atoms with van der Waals surface area (Å²) in [4.78, 5) is 65.6. The Bertz CT molecular complexity index is 1350. The van der Waals surface area contributed by atoms with Crippen molar-refractivity contribution in [3.8, 4) is 0 Å². The maximum absolute atomic E-state index is 13.8. The number of ether oxygens (including phenoxy) is 6. The highest BCUT2D eigenvalue weighted by atomic mass is 16.6. The summed E-state index contributed by atoms with van der Waals surface area (Å²) in [7, 11) is 0. The van der Waals surface area contributed by atoms with E-state index in [0.29, 0.717) is 0 Å². The number of fused-ring (bicyclic) bond motifs is 1. The zero-order valence-electron chi connectivity index (χ0n) is 28.0. The highest BCUT2D eigenvalue weighted by Gasteiger charge is 2.86. The van der Waals surface area contributed by atoms with Crippen molar-refractivity contribution >= 4 is 29.8 Å². The lowest BCUT2D eigenvalue weighted by Gasteiger charge is -2.65. The van der Waals surface area contributed by atoms with Crippen LogP contribution < -0.4 is 0 Å². The van der Waals surface area contributed by atoms with Crippen LogP contribution in [0.3, 0.4) is 0 Å². The second kappa shape index (κ2) is 12.6. The van der Waals surface area contributed by atoms with E-state index in [-0.39, 0.29) is 18.4 Å².